The van der Waals surface area contributed by atoms with Crippen LogP contribution in [0.3, 0.4) is 0 Å². The lowest BCUT2D eigenvalue weighted by Gasteiger charge is -2.25. The van der Waals surface area contributed by atoms with Crippen molar-refractivity contribution in [2.75, 3.05) is 26.2 Å². The summed E-state index contributed by atoms with van der Waals surface area (Å²) in [5, 5.41) is 13.0. The summed E-state index contributed by atoms with van der Waals surface area (Å²) in [6.45, 7) is 3.31. The number of aliphatic hydroxyl groups is 1. The van der Waals surface area contributed by atoms with Gasteiger partial charge in [-0.2, -0.15) is 0 Å². The van der Waals surface area contributed by atoms with Crippen LogP contribution in [0.25, 0.3) is 0 Å². The van der Waals surface area contributed by atoms with Crippen LogP contribution in [0.4, 0.5) is 9.18 Å². The van der Waals surface area contributed by atoms with E-state index >= 15 is 0 Å². The topological polar surface area (TPSA) is 55.8 Å². The van der Waals surface area contributed by atoms with Crippen LogP contribution in [0, 0.1) is 5.82 Å². The summed E-state index contributed by atoms with van der Waals surface area (Å²) < 4.78 is 12.8. The Morgan fingerprint density at radius 1 is 1.23 bits per heavy atom. The van der Waals surface area contributed by atoms with E-state index in [0.29, 0.717) is 19.6 Å². The third-order valence-corrected chi connectivity index (χ3v) is 4.51. The summed E-state index contributed by atoms with van der Waals surface area (Å²) in [7, 11) is 0. The van der Waals surface area contributed by atoms with Crippen LogP contribution < -0.4 is 5.32 Å². The quantitative estimate of drug-likeness (QED) is 0.881. The highest BCUT2D eigenvalue weighted by Crippen LogP contribution is 2.21. The van der Waals surface area contributed by atoms with E-state index < -0.39 is 6.10 Å². The number of nitrogens with one attached hydrogen (secondary N) is 1. The lowest BCUT2D eigenvalue weighted by Crippen LogP contribution is -2.42. The highest BCUT2D eigenvalue weighted by Gasteiger charge is 2.38. The van der Waals surface area contributed by atoms with Crippen LogP contribution in [-0.2, 0) is 6.54 Å². The van der Waals surface area contributed by atoms with E-state index in [-0.39, 0.29) is 17.9 Å². The normalized spacial score (nSPS) is 25.6. The fourth-order valence-electron chi connectivity index (χ4n) is 3.26. The SMILES string of the molecule is O=C(NCc1ccc(F)cc1)N1C[C@H](O)[C@@H](N2CCCC2)C1. The molecule has 0 spiro atoms. The number of halogens is 1. The molecule has 2 atom stereocenters. The number of likely N-dealkylation sites (tertiary alicyclic amines) is 2. The van der Waals surface area contributed by atoms with Gasteiger partial charge in [0.1, 0.15) is 5.82 Å². The molecule has 0 radical (unpaired) electrons. The van der Waals surface area contributed by atoms with Crippen molar-refractivity contribution < 1.29 is 14.3 Å². The van der Waals surface area contributed by atoms with Gasteiger partial charge >= 0.3 is 6.03 Å². The molecule has 2 saturated heterocycles. The molecule has 0 saturated carbocycles. The molecule has 22 heavy (non-hydrogen) atoms. The number of carbonyl (C=O) groups excluding carboxylic acids is 1. The Morgan fingerprint density at radius 2 is 1.91 bits per heavy atom. The predicted octanol–water partition coefficient (Wildman–Crippen LogP) is 1.18. The molecule has 1 aromatic carbocycles. The van der Waals surface area contributed by atoms with Gasteiger partial charge in [-0.25, -0.2) is 9.18 Å². The second-order valence-corrected chi connectivity index (χ2v) is 6.07. The molecule has 1 aromatic rings. The van der Waals surface area contributed by atoms with Crippen molar-refractivity contribution in [3.8, 4) is 0 Å². The number of hydrogen-bond acceptors (Lipinski definition) is 3. The molecule has 2 aliphatic rings. The van der Waals surface area contributed by atoms with Gasteiger partial charge in [0.2, 0.25) is 0 Å². The third-order valence-electron chi connectivity index (χ3n) is 4.51. The molecule has 0 unspecified atom stereocenters. The first-order valence-electron chi connectivity index (χ1n) is 7.83. The molecule has 3 rings (SSSR count). The Labute approximate surface area is 129 Å². The second kappa shape index (κ2) is 6.62. The first-order chi connectivity index (χ1) is 10.6. The monoisotopic (exact) mass is 307 g/mol. The molecule has 2 heterocycles. The molecule has 120 valence electrons. The summed E-state index contributed by atoms with van der Waals surface area (Å²) in [5.74, 6) is -0.286. The van der Waals surface area contributed by atoms with Gasteiger partial charge in [-0.1, -0.05) is 12.1 Å². The first kappa shape index (κ1) is 15.2. The Kier molecular flexibility index (Phi) is 4.59. The molecule has 0 aromatic heterocycles. The van der Waals surface area contributed by atoms with Gasteiger partial charge in [0.15, 0.2) is 0 Å². The van der Waals surface area contributed by atoms with Gasteiger partial charge < -0.3 is 15.3 Å². The van der Waals surface area contributed by atoms with E-state index in [0.717, 1.165) is 18.7 Å². The van der Waals surface area contributed by atoms with Gasteiger partial charge in [-0.3, -0.25) is 4.90 Å². The first-order valence-corrected chi connectivity index (χ1v) is 7.83. The van der Waals surface area contributed by atoms with E-state index in [1.807, 2.05) is 0 Å². The molecule has 0 aliphatic carbocycles. The van der Waals surface area contributed by atoms with Crippen LogP contribution >= 0.6 is 0 Å². The Balaban J connectivity index is 1.51. The number of β-amino-alcohol motifs (C(OH)–C–C–N with tert-alkyl or cyclic N) is 1. The summed E-state index contributed by atoms with van der Waals surface area (Å²) >= 11 is 0. The standard InChI is InChI=1S/C16H22FN3O2/c17-13-5-3-12(4-6-13)9-18-16(22)20-10-14(15(21)11-20)19-7-1-2-8-19/h3-6,14-15,21H,1-2,7-11H2,(H,18,22)/t14-,15-/m0/s1. The van der Waals surface area contributed by atoms with Crippen LogP contribution in [0.15, 0.2) is 24.3 Å². The number of urea groups is 1. The third kappa shape index (κ3) is 3.39. The zero-order valence-corrected chi connectivity index (χ0v) is 12.5. The van der Waals surface area contributed by atoms with Crippen molar-refractivity contribution in [3.05, 3.63) is 35.6 Å². The Morgan fingerprint density at radius 3 is 2.59 bits per heavy atom. The zero-order valence-electron chi connectivity index (χ0n) is 12.5. The minimum Gasteiger partial charge on any atom is -0.390 e. The number of carbonyl (C=O) groups is 1. The van der Waals surface area contributed by atoms with Crippen molar-refractivity contribution in [1.82, 2.24) is 15.1 Å². The lowest BCUT2D eigenvalue weighted by atomic mass is 10.2. The van der Waals surface area contributed by atoms with E-state index in [4.69, 9.17) is 0 Å². The maximum atomic E-state index is 12.8. The molecule has 2 aliphatic heterocycles. The molecule has 2 fully saturated rings. The largest absolute Gasteiger partial charge is 0.390 e. The number of rotatable bonds is 3. The molecular formula is C16H22FN3O2. The summed E-state index contributed by atoms with van der Waals surface area (Å²) in [6, 6.07) is 5.95. The highest BCUT2D eigenvalue weighted by molar-refractivity contribution is 5.74. The minimum absolute atomic E-state index is 0.0547. The fraction of sp³-hybridized carbons (Fsp3) is 0.562. The molecule has 6 heteroatoms. The zero-order chi connectivity index (χ0) is 15.5. The Hall–Kier alpha value is -1.66. The number of nitrogens with zero attached hydrogens (tertiary/aromatic N) is 2. The average Bonchev–Trinajstić information content (AvgIpc) is 3.15. The summed E-state index contributed by atoms with van der Waals surface area (Å²) in [5.41, 5.74) is 0.852. The van der Waals surface area contributed by atoms with Crippen LogP contribution in [0.5, 0.6) is 0 Å². The van der Waals surface area contributed by atoms with Gasteiger partial charge in [-0.15, -0.1) is 0 Å². The van der Waals surface area contributed by atoms with Crippen molar-refractivity contribution in [1.29, 1.82) is 0 Å². The van der Waals surface area contributed by atoms with Crippen LogP contribution in [-0.4, -0.2) is 59.3 Å². The molecule has 2 amide bonds. The van der Waals surface area contributed by atoms with Gasteiger partial charge in [0, 0.05) is 19.6 Å². The summed E-state index contributed by atoms with van der Waals surface area (Å²) in [6.07, 6.45) is 1.86. The van der Waals surface area contributed by atoms with Gasteiger partial charge in [-0.05, 0) is 43.6 Å². The fourth-order valence-corrected chi connectivity index (χ4v) is 3.26. The van der Waals surface area contributed by atoms with Crippen LogP contribution in [0.2, 0.25) is 0 Å². The second-order valence-electron chi connectivity index (χ2n) is 6.07. The number of amides is 2. The van der Waals surface area contributed by atoms with E-state index in [9.17, 15) is 14.3 Å². The predicted molar refractivity (Wildman–Crippen MR) is 80.8 cm³/mol. The summed E-state index contributed by atoms with van der Waals surface area (Å²) in [4.78, 5) is 16.1. The highest BCUT2D eigenvalue weighted by atomic mass is 19.1. The van der Waals surface area contributed by atoms with Gasteiger partial charge in [0.25, 0.3) is 0 Å². The van der Waals surface area contributed by atoms with E-state index in [1.165, 1.54) is 25.0 Å². The lowest BCUT2D eigenvalue weighted by molar-refractivity contribution is 0.0980. The van der Waals surface area contributed by atoms with Gasteiger partial charge in [0.05, 0.1) is 12.1 Å². The smallest absolute Gasteiger partial charge is 0.317 e. The average molecular weight is 307 g/mol. The number of aliphatic hydroxyl groups excluding tert-OH is 1. The van der Waals surface area contributed by atoms with Crippen molar-refractivity contribution in [3.63, 3.8) is 0 Å². The maximum Gasteiger partial charge on any atom is 0.317 e. The molecule has 0 bridgehead atoms. The van der Waals surface area contributed by atoms with E-state index in [1.54, 1.807) is 17.0 Å². The number of benzene rings is 1. The molecular weight excluding hydrogens is 285 g/mol. The van der Waals surface area contributed by atoms with Crippen molar-refractivity contribution in [2.45, 2.75) is 31.5 Å². The minimum atomic E-state index is -0.477. The van der Waals surface area contributed by atoms with Crippen molar-refractivity contribution in [2.24, 2.45) is 0 Å². The molecule has 5 nitrogen and oxygen atoms in total. The number of hydrogen-bond donors (Lipinski definition) is 2. The van der Waals surface area contributed by atoms with E-state index in [2.05, 4.69) is 10.2 Å². The Bertz CT molecular complexity index is 517. The maximum absolute atomic E-state index is 12.8. The van der Waals surface area contributed by atoms with Crippen LogP contribution in [0.1, 0.15) is 18.4 Å². The van der Waals surface area contributed by atoms with Crippen molar-refractivity contribution >= 4 is 6.03 Å². The molecule has 2 N–H and O–H groups in total.